The summed E-state index contributed by atoms with van der Waals surface area (Å²) in [6, 6.07) is 14.1. The van der Waals surface area contributed by atoms with Crippen LogP contribution in [0, 0.1) is 0 Å². The number of likely N-dealkylation sites (N-methyl/N-ethyl adjacent to an activating group) is 1. The monoisotopic (exact) mass is 365 g/mol. The van der Waals surface area contributed by atoms with Gasteiger partial charge in [-0.1, -0.05) is 43.3 Å². The van der Waals surface area contributed by atoms with E-state index in [1.54, 1.807) is 25.3 Å². The second-order valence-electron chi connectivity index (χ2n) is 5.80. The summed E-state index contributed by atoms with van der Waals surface area (Å²) >= 11 is 1.30. The molecule has 2 aromatic rings. The topological polar surface area (TPSA) is 72.8 Å². The molecule has 0 aliphatic carbocycles. The van der Waals surface area contributed by atoms with E-state index < -0.39 is 5.97 Å². The van der Waals surface area contributed by atoms with Crippen molar-refractivity contribution in [3.8, 4) is 0 Å². The number of carboxylic acid groups (broad SMARTS) is 1. The summed E-state index contributed by atoms with van der Waals surface area (Å²) in [6.45, 7) is 2.09. The molecule has 26 heavy (non-hydrogen) atoms. The SMILES string of the molecule is CCc1ccc(N=C2S/C(=C\c3ccc(C(=O)[O-])cc3)C(=O)N2C)cc1. The van der Waals surface area contributed by atoms with Crippen molar-refractivity contribution >= 4 is 40.6 Å². The predicted octanol–water partition coefficient (Wildman–Crippen LogP) is 2.85. The lowest BCUT2D eigenvalue weighted by atomic mass is 10.1. The van der Waals surface area contributed by atoms with Gasteiger partial charge in [0.05, 0.1) is 16.6 Å². The van der Waals surface area contributed by atoms with Crippen molar-refractivity contribution in [2.24, 2.45) is 4.99 Å². The fourth-order valence-corrected chi connectivity index (χ4v) is 3.42. The molecule has 1 fully saturated rings. The average Bonchev–Trinajstić information content (AvgIpc) is 2.91. The van der Waals surface area contributed by atoms with Gasteiger partial charge in [0.2, 0.25) is 0 Å². The Morgan fingerprint density at radius 3 is 2.38 bits per heavy atom. The molecule has 132 valence electrons. The standard InChI is InChI=1S/C20H18N2O3S/c1-3-13-6-10-16(11-7-13)21-20-22(2)18(23)17(26-20)12-14-4-8-15(9-5-14)19(24)25/h4-12H,3H2,1-2H3,(H,24,25)/p-1/b17-12-,21-20?. The van der Waals surface area contributed by atoms with Gasteiger partial charge in [-0.3, -0.25) is 9.69 Å². The van der Waals surface area contributed by atoms with Crippen LogP contribution in [-0.4, -0.2) is 29.0 Å². The second kappa shape index (κ2) is 7.58. The molecule has 5 nitrogen and oxygen atoms in total. The molecule has 1 heterocycles. The molecule has 0 bridgehead atoms. The van der Waals surface area contributed by atoms with Crippen LogP contribution in [-0.2, 0) is 11.2 Å². The minimum absolute atomic E-state index is 0.104. The molecule has 1 saturated heterocycles. The summed E-state index contributed by atoms with van der Waals surface area (Å²) < 4.78 is 0. The number of amidine groups is 1. The Morgan fingerprint density at radius 1 is 1.15 bits per heavy atom. The largest absolute Gasteiger partial charge is 0.545 e. The highest BCUT2D eigenvalue weighted by Gasteiger charge is 2.30. The number of thioether (sulfide) groups is 1. The molecule has 2 aromatic carbocycles. The van der Waals surface area contributed by atoms with Crippen LogP contribution in [0.1, 0.15) is 28.4 Å². The minimum atomic E-state index is -1.22. The smallest absolute Gasteiger partial charge is 0.266 e. The van der Waals surface area contributed by atoms with Crippen LogP contribution in [0.25, 0.3) is 6.08 Å². The van der Waals surface area contributed by atoms with Gasteiger partial charge >= 0.3 is 0 Å². The molecule has 0 N–H and O–H groups in total. The van der Waals surface area contributed by atoms with Gasteiger partial charge in [0.15, 0.2) is 5.17 Å². The molecule has 0 atom stereocenters. The lowest BCUT2D eigenvalue weighted by Crippen LogP contribution is -2.23. The fourth-order valence-electron chi connectivity index (χ4n) is 2.44. The lowest BCUT2D eigenvalue weighted by Gasteiger charge is -2.07. The molecular weight excluding hydrogens is 348 g/mol. The highest BCUT2D eigenvalue weighted by Crippen LogP contribution is 2.33. The number of rotatable bonds is 4. The van der Waals surface area contributed by atoms with Crippen LogP contribution in [0.3, 0.4) is 0 Å². The van der Waals surface area contributed by atoms with Crippen molar-refractivity contribution in [3.05, 3.63) is 70.1 Å². The first-order valence-corrected chi connectivity index (χ1v) is 8.96. The number of aromatic carboxylic acids is 1. The first-order valence-electron chi connectivity index (χ1n) is 8.14. The van der Waals surface area contributed by atoms with E-state index in [1.165, 1.54) is 34.4 Å². The highest BCUT2D eigenvalue weighted by molar-refractivity contribution is 8.18. The quantitative estimate of drug-likeness (QED) is 0.781. The zero-order valence-corrected chi connectivity index (χ0v) is 15.2. The molecule has 0 aromatic heterocycles. The number of nitrogens with zero attached hydrogens (tertiary/aromatic N) is 2. The number of carboxylic acids is 1. The van der Waals surface area contributed by atoms with Crippen LogP contribution in [0.2, 0.25) is 0 Å². The van der Waals surface area contributed by atoms with E-state index in [4.69, 9.17) is 0 Å². The van der Waals surface area contributed by atoms with E-state index in [1.807, 2.05) is 24.3 Å². The second-order valence-corrected chi connectivity index (χ2v) is 6.81. The van der Waals surface area contributed by atoms with Crippen molar-refractivity contribution < 1.29 is 14.7 Å². The molecule has 6 heteroatoms. The van der Waals surface area contributed by atoms with Crippen LogP contribution < -0.4 is 5.11 Å². The molecule has 3 rings (SSSR count). The van der Waals surface area contributed by atoms with Crippen LogP contribution >= 0.6 is 11.8 Å². The summed E-state index contributed by atoms with van der Waals surface area (Å²) in [7, 11) is 1.69. The number of amides is 1. The normalized spacial score (nSPS) is 17.3. The van der Waals surface area contributed by atoms with Gasteiger partial charge in [-0.05, 0) is 53.1 Å². The lowest BCUT2D eigenvalue weighted by molar-refractivity contribution is -0.255. The summed E-state index contributed by atoms with van der Waals surface area (Å²) in [5.74, 6) is -1.36. The number of aliphatic imine (C=N–C) groups is 1. The van der Waals surface area contributed by atoms with E-state index in [2.05, 4.69) is 11.9 Å². The number of carbonyl (C=O) groups is 2. The number of hydrogen-bond acceptors (Lipinski definition) is 5. The van der Waals surface area contributed by atoms with Crippen molar-refractivity contribution in [2.45, 2.75) is 13.3 Å². The van der Waals surface area contributed by atoms with Crippen molar-refractivity contribution in [1.29, 1.82) is 0 Å². The molecule has 1 aliphatic rings. The Balaban J connectivity index is 1.83. The molecule has 0 saturated carbocycles. The Kier molecular flexibility index (Phi) is 5.23. The van der Waals surface area contributed by atoms with Crippen molar-refractivity contribution in [2.75, 3.05) is 7.05 Å². The summed E-state index contributed by atoms with van der Waals surface area (Å²) in [6.07, 6.45) is 2.69. The maximum atomic E-state index is 12.4. The number of aryl methyl sites for hydroxylation is 1. The maximum absolute atomic E-state index is 12.4. The Morgan fingerprint density at radius 2 is 1.81 bits per heavy atom. The van der Waals surface area contributed by atoms with Crippen LogP contribution in [0.5, 0.6) is 0 Å². The molecule has 1 aliphatic heterocycles. The zero-order valence-electron chi connectivity index (χ0n) is 14.4. The van der Waals surface area contributed by atoms with Gasteiger partial charge in [-0.15, -0.1) is 0 Å². The Hall–Kier alpha value is -2.86. The van der Waals surface area contributed by atoms with E-state index in [0.717, 1.165) is 17.7 Å². The summed E-state index contributed by atoms with van der Waals surface area (Å²) in [4.78, 5) is 29.8. The third kappa shape index (κ3) is 3.86. The van der Waals surface area contributed by atoms with Gasteiger partial charge in [0.25, 0.3) is 5.91 Å². The van der Waals surface area contributed by atoms with Gasteiger partial charge in [0.1, 0.15) is 0 Å². The van der Waals surface area contributed by atoms with E-state index >= 15 is 0 Å². The molecular formula is C20H17N2O3S-. The Labute approximate surface area is 156 Å². The average molecular weight is 365 g/mol. The van der Waals surface area contributed by atoms with Crippen LogP contribution in [0.4, 0.5) is 5.69 Å². The zero-order chi connectivity index (χ0) is 18.7. The van der Waals surface area contributed by atoms with Gasteiger partial charge in [0, 0.05) is 7.05 Å². The predicted molar refractivity (Wildman–Crippen MR) is 102 cm³/mol. The van der Waals surface area contributed by atoms with E-state index in [0.29, 0.717) is 10.1 Å². The maximum Gasteiger partial charge on any atom is 0.266 e. The third-order valence-corrected chi connectivity index (χ3v) is 5.08. The Bertz CT molecular complexity index is 900. The first-order chi connectivity index (χ1) is 12.5. The van der Waals surface area contributed by atoms with Crippen LogP contribution in [0.15, 0.2) is 58.4 Å². The minimum Gasteiger partial charge on any atom is -0.545 e. The third-order valence-electron chi connectivity index (χ3n) is 4.02. The first kappa shape index (κ1) is 17.9. The molecule has 1 amide bonds. The van der Waals surface area contributed by atoms with Crippen molar-refractivity contribution in [1.82, 2.24) is 4.90 Å². The number of hydrogen-bond donors (Lipinski definition) is 0. The van der Waals surface area contributed by atoms with E-state index in [-0.39, 0.29) is 11.5 Å². The van der Waals surface area contributed by atoms with E-state index in [9.17, 15) is 14.7 Å². The summed E-state index contributed by atoms with van der Waals surface area (Å²) in [5, 5.41) is 11.4. The number of benzene rings is 2. The fraction of sp³-hybridized carbons (Fsp3) is 0.150. The highest BCUT2D eigenvalue weighted by atomic mass is 32.2. The summed E-state index contributed by atoms with van der Waals surface area (Å²) in [5.41, 5.74) is 2.88. The molecule has 0 spiro atoms. The van der Waals surface area contributed by atoms with Gasteiger partial charge < -0.3 is 9.90 Å². The number of carbonyl (C=O) groups excluding carboxylic acids is 2. The molecule has 0 unspecified atom stereocenters. The van der Waals surface area contributed by atoms with Gasteiger partial charge in [-0.2, -0.15) is 0 Å². The molecule has 0 radical (unpaired) electrons. The van der Waals surface area contributed by atoms with Crippen molar-refractivity contribution in [3.63, 3.8) is 0 Å². The van der Waals surface area contributed by atoms with Gasteiger partial charge in [-0.25, -0.2) is 4.99 Å².